The lowest BCUT2D eigenvalue weighted by Crippen LogP contribution is -2.48. The van der Waals surface area contributed by atoms with Crippen molar-refractivity contribution in [3.63, 3.8) is 0 Å². The zero-order valence-corrected chi connectivity index (χ0v) is 17.4. The Kier molecular flexibility index (Phi) is 5.02. The second-order valence-electron chi connectivity index (χ2n) is 9.06. The number of nitrogens with zero attached hydrogens (tertiary/aromatic N) is 2. The number of carbonyl (C=O) groups excluding carboxylic acids is 1. The number of fused-ring (bicyclic) bond motifs is 3. The van der Waals surface area contributed by atoms with Crippen molar-refractivity contribution in [1.29, 1.82) is 0 Å². The zero-order chi connectivity index (χ0) is 20.8. The predicted molar refractivity (Wildman–Crippen MR) is 116 cm³/mol. The van der Waals surface area contributed by atoms with Gasteiger partial charge in [-0.2, -0.15) is 0 Å². The first kappa shape index (κ1) is 19.6. The SMILES string of the molecule is CN1c2ccc(-c3cccc(F)c3)cc2[C@H]2[C@H](CCN2C(=O)C2CCCC2)[C@@H]1CO. The number of amides is 1. The molecule has 2 aliphatic heterocycles. The minimum atomic E-state index is -0.250. The van der Waals surface area contributed by atoms with Crippen LogP contribution in [0, 0.1) is 17.7 Å². The molecule has 1 N–H and O–H groups in total. The molecule has 2 aromatic rings. The molecule has 0 radical (unpaired) electrons. The fourth-order valence-corrected chi connectivity index (χ4v) is 5.96. The van der Waals surface area contributed by atoms with Crippen LogP contribution in [0.25, 0.3) is 11.1 Å². The number of hydrogen-bond donors (Lipinski definition) is 1. The van der Waals surface area contributed by atoms with E-state index in [2.05, 4.69) is 21.9 Å². The summed E-state index contributed by atoms with van der Waals surface area (Å²) in [6.07, 6.45) is 5.17. The molecule has 3 atom stereocenters. The molecule has 2 fully saturated rings. The Labute approximate surface area is 177 Å². The number of anilines is 1. The normalized spacial score (nSPS) is 26.0. The number of likely N-dealkylation sites (N-methyl/N-ethyl adjacent to an activating group) is 1. The van der Waals surface area contributed by atoms with Crippen LogP contribution >= 0.6 is 0 Å². The van der Waals surface area contributed by atoms with Gasteiger partial charge in [-0.3, -0.25) is 4.79 Å². The van der Waals surface area contributed by atoms with Gasteiger partial charge in [-0.1, -0.05) is 31.0 Å². The van der Waals surface area contributed by atoms with Crippen LogP contribution in [0.15, 0.2) is 42.5 Å². The Hall–Kier alpha value is -2.40. The molecule has 0 spiro atoms. The molecule has 158 valence electrons. The molecule has 30 heavy (non-hydrogen) atoms. The van der Waals surface area contributed by atoms with Gasteiger partial charge in [-0.05, 0) is 60.2 Å². The quantitative estimate of drug-likeness (QED) is 0.820. The summed E-state index contributed by atoms with van der Waals surface area (Å²) in [7, 11) is 2.03. The lowest BCUT2D eigenvalue weighted by molar-refractivity contribution is -0.136. The summed E-state index contributed by atoms with van der Waals surface area (Å²) in [5, 5.41) is 10.1. The van der Waals surface area contributed by atoms with Crippen LogP contribution in [0.2, 0.25) is 0 Å². The van der Waals surface area contributed by atoms with Crippen molar-refractivity contribution in [2.45, 2.75) is 44.2 Å². The maximum absolute atomic E-state index is 13.8. The van der Waals surface area contributed by atoms with Crippen LogP contribution in [-0.4, -0.2) is 42.2 Å². The number of hydrogen-bond acceptors (Lipinski definition) is 3. The molecule has 4 nitrogen and oxygen atoms in total. The molecule has 1 aliphatic carbocycles. The van der Waals surface area contributed by atoms with Crippen molar-refractivity contribution in [1.82, 2.24) is 4.90 Å². The first-order chi connectivity index (χ1) is 14.6. The van der Waals surface area contributed by atoms with Crippen molar-refractivity contribution in [2.24, 2.45) is 11.8 Å². The molecule has 1 saturated carbocycles. The summed E-state index contributed by atoms with van der Waals surface area (Å²) in [6.45, 7) is 0.826. The molecule has 3 aliphatic rings. The molecule has 2 heterocycles. The second-order valence-corrected chi connectivity index (χ2v) is 9.06. The van der Waals surface area contributed by atoms with Crippen LogP contribution in [-0.2, 0) is 4.79 Å². The maximum atomic E-state index is 13.8. The highest BCUT2D eigenvalue weighted by Gasteiger charge is 2.48. The second kappa shape index (κ2) is 7.69. The molecular formula is C25H29FN2O2. The fourth-order valence-electron chi connectivity index (χ4n) is 5.96. The van der Waals surface area contributed by atoms with Crippen molar-refractivity contribution >= 4 is 11.6 Å². The van der Waals surface area contributed by atoms with E-state index in [1.54, 1.807) is 12.1 Å². The van der Waals surface area contributed by atoms with E-state index in [1.165, 1.54) is 6.07 Å². The summed E-state index contributed by atoms with van der Waals surface area (Å²) >= 11 is 0. The van der Waals surface area contributed by atoms with Crippen molar-refractivity contribution in [2.75, 3.05) is 25.1 Å². The summed E-state index contributed by atoms with van der Waals surface area (Å²) < 4.78 is 13.8. The number of carbonyl (C=O) groups is 1. The molecule has 0 bridgehead atoms. The third kappa shape index (κ3) is 3.11. The third-order valence-corrected chi connectivity index (χ3v) is 7.50. The third-order valence-electron chi connectivity index (χ3n) is 7.50. The summed E-state index contributed by atoms with van der Waals surface area (Å²) in [5.74, 6) is 0.384. The van der Waals surface area contributed by atoms with E-state index < -0.39 is 0 Å². The van der Waals surface area contributed by atoms with Crippen LogP contribution in [0.1, 0.15) is 43.7 Å². The Morgan fingerprint density at radius 1 is 1.10 bits per heavy atom. The van der Waals surface area contributed by atoms with Crippen molar-refractivity contribution < 1.29 is 14.3 Å². The van der Waals surface area contributed by atoms with E-state index in [1.807, 2.05) is 19.2 Å². The van der Waals surface area contributed by atoms with Gasteiger partial charge in [-0.15, -0.1) is 0 Å². The van der Waals surface area contributed by atoms with Crippen LogP contribution in [0.3, 0.4) is 0 Å². The number of halogens is 1. The summed E-state index contributed by atoms with van der Waals surface area (Å²) in [6, 6.07) is 12.8. The Balaban J connectivity index is 1.58. The average molecular weight is 409 g/mol. The molecule has 1 amide bonds. The number of benzene rings is 2. The molecule has 0 unspecified atom stereocenters. The maximum Gasteiger partial charge on any atom is 0.226 e. The fraction of sp³-hybridized carbons (Fsp3) is 0.480. The standard InChI is InChI=1S/C25H29FN2O2/c1-27-22-10-9-18(17-7-4-8-19(26)13-17)14-21(22)24-20(23(27)15-29)11-12-28(24)25(30)16-5-2-3-6-16/h4,7-10,13-14,16,20,23-24,29H,2-3,5-6,11-12,15H2,1H3/t20-,23+,24-/m1/s1. The smallest absolute Gasteiger partial charge is 0.226 e. The van der Waals surface area contributed by atoms with Gasteiger partial charge in [-0.25, -0.2) is 4.39 Å². The minimum Gasteiger partial charge on any atom is -0.394 e. The highest BCUT2D eigenvalue weighted by Crippen LogP contribution is 2.50. The van der Waals surface area contributed by atoms with Gasteiger partial charge in [0, 0.05) is 31.1 Å². The van der Waals surface area contributed by atoms with E-state index in [4.69, 9.17) is 0 Å². The van der Waals surface area contributed by atoms with Gasteiger partial charge in [0.1, 0.15) is 5.82 Å². The van der Waals surface area contributed by atoms with E-state index in [9.17, 15) is 14.3 Å². The molecular weight excluding hydrogens is 379 g/mol. The number of aliphatic hydroxyl groups is 1. The zero-order valence-electron chi connectivity index (χ0n) is 17.4. The minimum absolute atomic E-state index is 0.00361. The van der Waals surface area contributed by atoms with Crippen LogP contribution in [0.5, 0.6) is 0 Å². The highest BCUT2D eigenvalue weighted by molar-refractivity contribution is 5.81. The van der Waals surface area contributed by atoms with E-state index in [0.717, 1.165) is 61.0 Å². The van der Waals surface area contributed by atoms with Gasteiger partial charge < -0.3 is 14.9 Å². The van der Waals surface area contributed by atoms with Crippen molar-refractivity contribution in [3.05, 3.63) is 53.8 Å². The van der Waals surface area contributed by atoms with Gasteiger partial charge in [0.2, 0.25) is 5.91 Å². The van der Waals surface area contributed by atoms with Gasteiger partial charge in [0.15, 0.2) is 0 Å². The lowest BCUT2D eigenvalue weighted by atomic mass is 9.81. The largest absolute Gasteiger partial charge is 0.394 e. The van der Waals surface area contributed by atoms with E-state index in [0.29, 0.717) is 0 Å². The van der Waals surface area contributed by atoms with Gasteiger partial charge in [0.25, 0.3) is 0 Å². The number of aliphatic hydroxyl groups excluding tert-OH is 1. The van der Waals surface area contributed by atoms with E-state index in [-0.39, 0.29) is 42.3 Å². The first-order valence-corrected chi connectivity index (χ1v) is 11.1. The molecule has 0 aromatic heterocycles. The summed E-state index contributed by atoms with van der Waals surface area (Å²) in [4.78, 5) is 17.6. The molecule has 1 saturated heterocycles. The Morgan fingerprint density at radius 3 is 2.60 bits per heavy atom. The van der Waals surface area contributed by atoms with Gasteiger partial charge >= 0.3 is 0 Å². The number of rotatable bonds is 3. The molecule has 2 aromatic carbocycles. The average Bonchev–Trinajstić information content (AvgIpc) is 3.44. The monoisotopic (exact) mass is 408 g/mol. The number of likely N-dealkylation sites (tertiary alicyclic amines) is 1. The van der Waals surface area contributed by atoms with Crippen LogP contribution in [0.4, 0.5) is 10.1 Å². The Morgan fingerprint density at radius 2 is 1.87 bits per heavy atom. The summed E-state index contributed by atoms with van der Waals surface area (Å²) in [5.41, 5.74) is 3.98. The lowest BCUT2D eigenvalue weighted by Gasteiger charge is -2.45. The predicted octanol–water partition coefficient (Wildman–Crippen LogP) is 4.38. The first-order valence-electron chi connectivity index (χ1n) is 11.1. The molecule has 5 heteroatoms. The van der Waals surface area contributed by atoms with E-state index >= 15 is 0 Å². The molecule has 5 rings (SSSR count). The highest BCUT2D eigenvalue weighted by atomic mass is 19.1. The Bertz CT molecular complexity index is 956. The van der Waals surface area contributed by atoms with Crippen LogP contribution < -0.4 is 4.90 Å². The topological polar surface area (TPSA) is 43.8 Å². The van der Waals surface area contributed by atoms with Gasteiger partial charge in [0.05, 0.1) is 18.7 Å². The van der Waals surface area contributed by atoms with Crippen molar-refractivity contribution in [3.8, 4) is 11.1 Å².